The zero-order valence-electron chi connectivity index (χ0n) is 14.5. The first kappa shape index (κ1) is 19.6. The number of halogens is 3. The number of carbonyl (C=O) groups is 1. The van der Waals surface area contributed by atoms with Crippen molar-refractivity contribution in [2.45, 2.75) is 13.2 Å². The fraction of sp³-hybridized carbons (Fsp3) is 0.0952. The highest BCUT2D eigenvalue weighted by atomic mass is 35.5. The Morgan fingerprint density at radius 2 is 1.93 bits per heavy atom. The molecule has 0 N–H and O–H groups in total. The fourth-order valence-corrected chi connectivity index (χ4v) is 2.54. The molecule has 3 aromatic rings. The first-order valence-corrected chi connectivity index (χ1v) is 8.62. The topological polar surface area (TPSA) is 48.7 Å². The molecule has 0 atom stereocenters. The maximum atomic E-state index is 12.3. The number of allylic oxidation sites excluding steroid dienone is 1. The standard InChI is InChI=1S/C21H15ClF2O4/c22-18-6-1-2-7-20(18)26-13-17-9-8-15(27-17)10-11-19(25)14-4-3-5-16(12-14)28-21(23)24/h1-12,21H,13H2/b11-10+. The third-order valence-corrected chi connectivity index (χ3v) is 3.94. The van der Waals surface area contributed by atoms with Gasteiger partial charge in [-0.05, 0) is 48.6 Å². The Kier molecular flexibility index (Phi) is 6.45. The number of alkyl halides is 2. The molecule has 3 rings (SSSR count). The van der Waals surface area contributed by atoms with Gasteiger partial charge >= 0.3 is 6.61 Å². The normalized spacial score (nSPS) is 11.1. The Hall–Kier alpha value is -3.12. The van der Waals surface area contributed by atoms with E-state index in [1.807, 2.05) is 6.07 Å². The number of benzene rings is 2. The minimum absolute atomic E-state index is 0.0775. The number of rotatable bonds is 8. The Labute approximate surface area is 164 Å². The molecule has 0 saturated carbocycles. The van der Waals surface area contributed by atoms with Gasteiger partial charge in [0, 0.05) is 5.56 Å². The Morgan fingerprint density at radius 3 is 2.71 bits per heavy atom. The molecule has 0 bridgehead atoms. The number of para-hydroxylation sites is 1. The number of furan rings is 1. The smallest absolute Gasteiger partial charge is 0.387 e. The Morgan fingerprint density at radius 1 is 1.11 bits per heavy atom. The van der Waals surface area contributed by atoms with Gasteiger partial charge < -0.3 is 13.9 Å². The molecule has 0 spiro atoms. The van der Waals surface area contributed by atoms with E-state index in [9.17, 15) is 13.6 Å². The van der Waals surface area contributed by atoms with Crippen LogP contribution in [0.2, 0.25) is 5.02 Å². The summed E-state index contributed by atoms with van der Waals surface area (Å²) in [5, 5.41) is 0.498. The predicted molar refractivity (Wildman–Crippen MR) is 101 cm³/mol. The van der Waals surface area contributed by atoms with Gasteiger partial charge in [-0.3, -0.25) is 4.79 Å². The maximum absolute atomic E-state index is 12.3. The SMILES string of the molecule is O=C(/C=C/c1ccc(COc2ccccc2Cl)o1)c1cccc(OC(F)F)c1. The van der Waals surface area contributed by atoms with Crippen molar-refractivity contribution < 1.29 is 27.5 Å². The lowest BCUT2D eigenvalue weighted by Crippen LogP contribution is -2.03. The van der Waals surface area contributed by atoms with Gasteiger partial charge in [-0.1, -0.05) is 35.9 Å². The van der Waals surface area contributed by atoms with E-state index in [-0.39, 0.29) is 23.7 Å². The number of ether oxygens (including phenoxy) is 2. The second-order valence-electron chi connectivity index (χ2n) is 5.63. The molecule has 0 aliphatic rings. The average Bonchev–Trinajstić information content (AvgIpc) is 3.13. The van der Waals surface area contributed by atoms with E-state index in [0.717, 1.165) is 0 Å². The van der Waals surface area contributed by atoms with Crippen molar-refractivity contribution in [3.63, 3.8) is 0 Å². The first-order valence-electron chi connectivity index (χ1n) is 8.24. The quantitative estimate of drug-likeness (QED) is 0.341. The van der Waals surface area contributed by atoms with Crippen LogP contribution >= 0.6 is 11.6 Å². The summed E-state index contributed by atoms with van der Waals surface area (Å²) in [6, 6.07) is 16.1. The molecule has 4 nitrogen and oxygen atoms in total. The monoisotopic (exact) mass is 404 g/mol. The lowest BCUT2D eigenvalue weighted by atomic mass is 10.1. The van der Waals surface area contributed by atoms with Crippen molar-refractivity contribution in [1.82, 2.24) is 0 Å². The summed E-state index contributed by atoms with van der Waals surface area (Å²) < 4.78 is 40.0. The number of ketones is 1. The van der Waals surface area contributed by atoms with E-state index in [4.69, 9.17) is 20.8 Å². The summed E-state index contributed by atoms with van der Waals surface area (Å²) in [7, 11) is 0. The molecular weight excluding hydrogens is 390 g/mol. The summed E-state index contributed by atoms with van der Waals surface area (Å²) in [6.45, 7) is -2.77. The minimum atomic E-state index is -2.95. The first-order chi connectivity index (χ1) is 13.5. The Bertz CT molecular complexity index is 982. The minimum Gasteiger partial charge on any atom is -0.484 e. The van der Waals surface area contributed by atoms with E-state index >= 15 is 0 Å². The van der Waals surface area contributed by atoms with Crippen molar-refractivity contribution >= 4 is 23.5 Å². The predicted octanol–water partition coefficient (Wildman–Crippen LogP) is 6.01. The molecule has 1 heterocycles. The van der Waals surface area contributed by atoms with E-state index in [2.05, 4.69) is 4.74 Å². The van der Waals surface area contributed by atoms with Crippen LogP contribution in [0.4, 0.5) is 8.78 Å². The van der Waals surface area contributed by atoms with Gasteiger partial charge in [0.2, 0.25) is 0 Å². The van der Waals surface area contributed by atoms with Gasteiger partial charge in [0.1, 0.15) is 29.6 Å². The number of hydrogen-bond donors (Lipinski definition) is 0. The molecule has 2 aromatic carbocycles. The van der Waals surface area contributed by atoms with Crippen LogP contribution in [0.3, 0.4) is 0 Å². The largest absolute Gasteiger partial charge is 0.484 e. The third-order valence-electron chi connectivity index (χ3n) is 3.63. The van der Waals surface area contributed by atoms with Crippen LogP contribution in [0.15, 0.2) is 71.2 Å². The molecule has 7 heteroatoms. The second-order valence-corrected chi connectivity index (χ2v) is 6.03. The summed E-state index contributed by atoms with van der Waals surface area (Å²) in [4.78, 5) is 12.2. The molecule has 0 saturated heterocycles. The molecule has 28 heavy (non-hydrogen) atoms. The third kappa shape index (κ3) is 5.44. The molecule has 144 valence electrons. The van der Waals surface area contributed by atoms with Gasteiger partial charge in [-0.15, -0.1) is 0 Å². The summed E-state index contributed by atoms with van der Waals surface area (Å²) in [5.74, 6) is 1.10. The van der Waals surface area contributed by atoms with E-state index in [1.54, 1.807) is 30.3 Å². The highest BCUT2D eigenvalue weighted by Gasteiger charge is 2.08. The van der Waals surface area contributed by atoms with Crippen molar-refractivity contribution in [1.29, 1.82) is 0 Å². The zero-order chi connectivity index (χ0) is 19.9. The van der Waals surface area contributed by atoms with E-state index in [1.165, 1.54) is 36.4 Å². The summed E-state index contributed by atoms with van der Waals surface area (Å²) in [5.41, 5.74) is 0.225. The molecule has 0 aliphatic heterocycles. The van der Waals surface area contributed by atoms with Crippen LogP contribution in [0.1, 0.15) is 21.9 Å². The van der Waals surface area contributed by atoms with Crippen molar-refractivity contribution in [2.24, 2.45) is 0 Å². The lowest BCUT2D eigenvalue weighted by Gasteiger charge is -2.05. The lowest BCUT2D eigenvalue weighted by molar-refractivity contribution is -0.0498. The molecule has 0 fully saturated rings. The number of hydrogen-bond acceptors (Lipinski definition) is 4. The molecule has 0 aliphatic carbocycles. The van der Waals surface area contributed by atoms with Crippen LogP contribution in [-0.4, -0.2) is 12.4 Å². The second kappa shape index (κ2) is 9.19. The fourth-order valence-electron chi connectivity index (χ4n) is 2.35. The van der Waals surface area contributed by atoms with Gasteiger partial charge in [-0.2, -0.15) is 8.78 Å². The molecular formula is C21H15ClF2O4. The Balaban J connectivity index is 1.60. The number of carbonyl (C=O) groups excluding carboxylic acids is 1. The van der Waals surface area contributed by atoms with Crippen molar-refractivity contribution in [3.8, 4) is 11.5 Å². The highest BCUT2D eigenvalue weighted by molar-refractivity contribution is 6.32. The zero-order valence-corrected chi connectivity index (χ0v) is 15.2. The van der Waals surface area contributed by atoms with E-state index < -0.39 is 6.61 Å². The summed E-state index contributed by atoms with van der Waals surface area (Å²) >= 11 is 6.02. The van der Waals surface area contributed by atoms with Crippen LogP contribution in [0.5, 0.6) is 11.5 Å². The van der Waals surface area contributed by atoms with Crippen LogP contribution < -0.4 is 9.47 Å². The average molecular weight is 405 g/mol. The van der Waals surface area contributed by atoms with Crippen molar-refractivity contribution in [2.75, 3.05) is 0 Å². The molecule has 0 amide bonds. The molecule has 0 unspecified atom stereocenters. The van der Waals surface area contributed by atoms with Gasteiger partial charge in [-0.25, -0.2) is 0 Å². The van der Waals surface area contributed by atoms with Gasteiger partial charge in [0.05, 0.1) is 5.02 Å². The van der Waals surface area contributed by atoms with Crippen LogP contribution in [0.25, 0.3) is 6.08 Å². The van der Waals surface area contributed by atoms with E-state index in [0.29, 0.717) is 22.3 Å². The highest BCUT2D eigenvalue weighted by Crippen LogP contribution is 2.24. The van der Waals surface area contributed by atoms with Crippen LogP contribution in [-0.2, 0) is 6.61 Å². The van der Waals surface area contributed by atoms with Crippen LogP contribution in [0, 0.1) is 0 Å². The van der Waals surface area contributed by atoms with Crippen molar-refractivity contribution in [3.05, 3.63) is 88.8 Å². The molecule has 0 radical (unpaired) electrons. The van der Waals surface area contributed by atoms with Gasteiger partial charge in [0.15, 0.2) is 5.78 Å². The van der Waals surface area contributed by atoms with Gasteiger partial charge in [0.25, 0.3) is 0 Å². The summed E-state index contributed by atoms with van der Waals surface area (Å²) in [6.07, 6.45) is 2.78. The maximum Gasteiger partial charge on any atom is 0.387 e. The molecule has 1 aromatic heterocycles.